The third kappa shape index (κ3) is 2.05. The molecule has 1 aliphatic carbocycles. The lowest BCUT2D eigenvalue weighted by Gasteiger charge is -2.52. The lowest BCUT2D eigenvalue weighted by molar-refractivity contribution is 0.0332. The summed E-state index contributed by atoms with van der Waals surface area (Å²) in [6.45, 7) is 14.5. The largest absolute Gasteiger partial charge is 0.307 e. The molecule has 1 heteroatoms. The molecule has 1 nitrogen and oxygen atoms in total. The van der Waals surface area contributed by atoms with Crippen LogP contribution >= 0.6 is 0 Å². The van der Waals surface area contributed by atoms with Crippen molar-refractivity contribution in [2.24, 2.45) is 16.7 Å². The van der Waals surface area contributed by atoms with Crippen LogP contribution in [0.4, 0.5) is 0 Å². The van der Waals surface area contributed by atoms with Gasteiger partial charge in [0.25, 0.3) is 0 Å². The molecule has 2 fully saturated rings. The van der Waals surface area contributed by atoms with Gasteiger partial charge in [0, 0.05) is 11.6 Å². The molecule has 100 valence electrons. The molecule has 0 radical (unpaired) electrons. The molecule has 0 aromatic rings. The van der Waals surface area contributed by atoms with E-state index in [0.29, 0.717) is 16.4 Å². The first kappa shape index (κ1) is 13.4. The fraction of sp³-hybridized carbons (Fsp3) is 1.00. The summed E-state index contributed by atoms with van der Waals surface area (Å²) in [4.78, 5) is 0. The maximum absolute atomic E-state index is 4.09. The molecule has 1 saturated heterocycles. The Bertz CT molecular complexity index is 249. The Kier molecular flexibility index (Phi) is 3.14. The van der Waals surface area contributed by atoms with Gasteiger partial charge in [-0.25, -0.2) is 0 Å². The summed E-state index contributed by atoms with van der Waals surface area (Å²) >= 11 is 0. The molecule has 2 aliphatic rings. The predicted octanol–water partition coefficient (Wildman–Crippen LogP) is 4.37. The Morgan fingerprint density at radius 1 is 0.882 bits per heavy atom. The molecule has 0 aromatic heterocycles. The maximum atomic E-state index is 4.09. The molecule has 2 rings (SSSR count). The van der Waals surface area contributed by atoms with Gasteiger partial charge in [0.2, 0.25) is 0 Å². The average Bonchev–Trinajstić information content (AvgIpc) is 2.55. The van der Waals surface area contributed by atoms with Gasteiger partial charge in [-0.3, -0.25) is 0 Å². The highest BCUT2D eigenvalue weighted by Crippen LogP contribution is 2.54. The minimum atomic E-state index is 0.305. The highest BCUT2D eigenvalue weighted by Gasteiger charge is 2.57. The second kappa shape index (κ2) is 3.98. The summed E-state index contributed by atoms with van der Waals surface area (Å²) in [7, 11) is 0. The predicted molar refractivity (Wildman–Crippen MR) is 75.1 cm³/mol. The molecule has 0 bridgehead atoms. The second-order valence-electron chi connectivity index (χ2n) is 8.40. The fourth-order valence-corrected chi connectivity index (χ4v) is 4.58. The Hall–Kier alpha value is -0.0400. The smallest absolute Gasteiger partial charge is 0.0283 e. The van der Waals surface area contributed by atoms with Gasteiger partial charge in [-0.05, 0) is 36.0 Å². The molecule has 1 aliphatic heterocycles. The van der Waals surface area contributed by atoms with Crippen LogP contribution in [0.2, 0.25) is 0 Å². The van der Waals surface area contributed by atoms with Gasteiger partial charge in [0.1, 0.15) is 0 Å². The van der Waals surface area contributed by atoms with E-state index >= 15 is 0 Å². The van der Waals surface area contributed by atoms with Crippen LogP contribution < -0.4 is 5.32 Å². The van der Waals surface area contributed by atoms with E-state index in [0.717, 1.165) is 12.0 Å². The van der Waals surface area contributed by atoms with Crippen LogP contribution in [0.5, 0.6) is 0 Å². The Morgan fingerprint density at radius 2 is 1.41 bits per heavy atom. The van der Waals surface area contributed by atoms with E-state index in [1.165, 1.54) is 32.1 Å². The molecule has 2 atom stereocenters. The van der Waals surface area contributed by atoms with Crippen molar-refractivity contribution in [2.45, 2.75) is 85.2 Å². The minimum absolute atomic E-state index is 0.305. The highest BCUT2D eigenvalue weighted by molar-refractivity contribution is 5.13. The van der Waals surface area contributed by atoms with Crippen LogP contribution in [-0.2, 0) is 0 Å². The van der Waals surface area contributed by atoms with E-state index in [9.17, 15) is 0 Å². The van der Waals surface area contributed by atoms with E-state index in [1.807, 2.05) is 0 Å². The molecule has 0 amide bonds. The maximum Gasteiger partial charge on any atom is 0.0283 e. The number of hydrogen-bond acceptors (Lipinski definition) is 1. The molecule has 1 N–H and O–H groups in total. The summed E-state index contributed by atoms with van der Waals surface area (Å²) in [5.41, 5.74) is 0.977. The van der Waals surface area contributed by atoms with Gasteiger partial charge in [-0.15, -0.1) is 0 Å². The summed E-state index contributed by atoms with van der Waals surface area (Å²) in [5, 5.41) is 4.09. The zero-order valence-corrected chi connectivity index (χ0v) is 12.7. The average molecular weight is 237 g/mol. The van der Waals surface area contributed by atoms with Gasteiger partial charge in [-0.2, -0.15) is 0 Å². The van der Waals surface area contributed by atoms with E-state index in [4.69, 9.17) is 0 Å². The number of nitrogens with one attached hydrogen (secondary N) is 1. The zero-order valence-electron chi connectivity index (χ0n) is 12.7. The Labute approximate surface area is 108 Å². The van der Waals surface area contributed by atoms with Crippen molar-refractivity contribution in [1.82, 2.24) is 5.32 Å². The van der Waals surface area contributed by atoms with Crippen LogP contribution in [0, 0.1) is 16.7 Å². The Balaban J connectivity index is 2.32. The van der Waals surface area contributed by atoms with E-state index < -0.39 is 0 Å². The fourth-order valence-electron chi connectivity index (χ4n) is 4.58. The minimum Gasteiger partial charge on any atom is -0.307 e. The van der Waals surface area contributed by atoms with Gasteiger partial charge in [-0.1, -0.05) is 54.4 Å². The van der Waals surface area contributed by atoms with Crippen molar-refractivity contribution in [3.63, 3.8) is 0 Å². The number of rotatable bonds is 0. The second-order valence-corrected chi connectivity index (χ2v) is 8.40. The molecule has 0 aromatic carbocycles. The van der Waals surface area contributed by atoms with E-state index in [2.05, 4.69) is 46.9 Å². The molecular formula is C16H31N. The normalized spacial score (nSPS) is 33.5. The summed E-state index contributed by atoms with van der Waals surface area (Å²) in [5.74, 6) is 0.933. The van der Waals surface area contributed by atoms with Gasteiger partial charge in [0.15, 0.2) is 0 Å². The molecule has 1 saturated carbocycles. The van der Waals surface area contributed by atoms with Crippen molar-refractivity contribution >= 4 is 0 Å². The van der Waals surface area contributed by atoms with Crippen molar-refractivity contribution in [1.29, 1.82) is 0 Å². The Morgan fingerprint density at radius 3 is 1.88 bits per heavy atom. The third-order valence-corrected chi connectivity index (χ3v) is 5.47. The number of fused-ring (bicyclic) bond motifs is 1. The summed E-state index contributed by atoms with van der Waals surface area (Å²) in [6, 6.07) is 0.794. The number of hydrogen-bond donors (Lipinski definition) is 1. The van der Waals surface area contributed by atoms with Crippen molar-refractivity contribution in [2.75, 3.05) is 0 Å². The highest BCUT2D eigenvalue weighted by atomic mass is 15.1. The lowest BCUT2D eigenvalue weighted by atomic mass is 9.58. The first-order chi connectivity index (χ1) is 7.67. The van der Waals surface area contributed by atoms with Crippen molar-refractivity contribution < 1.29 is 0 Å². The zero-order chi connectivity index (χ0) is 12.9. The van der Waals surface area contributed by atoms with E-state index in [1.54, 1.807) is 0 Å². The molecule has 0 spiro atoms. The molecule has 17 heavy (non-hydrogen) atoms. The van der Waals surface area contributed by atoms with Crippen molar-refractivity contribution in [3.8, 4) is 0 Å². The molecule has 1 heterocycles. The summed E-state index contributed by atoms with van der Waals surface area (Å²) in [6.07, 6.45) is 7.11. The van der Waals surface area contributed by atoms with E-state index in [-0.39, 0.29) is 0 Å². The molecular weight excluding hydrogens is 206 g/mol. The molecule has 0 unspecified atom stereocenters. The van der Waals surface area contributed by atoms with Crippen LogP contribution in [-0.4, -0.2) is 11.6 Å². The topological polar surface area (TPSA) is 12.0 Å². The first-order valence-corrected chi connectivity index (χ1v) is 7.45. The SMILES string of the molecule is CC(C)(C)C1(C(C)(C)C)C[C@@H]2CCCC[C@@H]2N1. The third-order valence-electron chi connectivity index (χ3n) is 5.47. The van der Waals surface area contributed by atoms with Crippen LogP contribution in [0.15, 0.2) is 0 Å². The monoisotopic (exact) mass is 237 g/mol. The quantitative estimate of drug-likeness (QED) is 0.659. The first-order valence-electron chi connectivity index (χ1n) is 7.45. The standard InChI is InChI=1S/C16H31N/c1-14(2,3)16(15(4,5)6)11-12-9-7-8-10-13(12)17-16/h12-13,17H,7-11H2,1-6H3/t12-,13-/m0/s1. The lowest BCUT2D eigenvalue weighted by Crippen LogP contribution is -2.61. The van der Waals surface area contributed by atoms with Crippen molar-refractivity contribution in [3.05, 3.63) is 0 Å². The van der Waals surface area contributed by atoms with Gasteiger partial charge >= 0.3 is 0 Å². The van der Waals surface area contributed by atoms with Crippen LogP contribution in [0.1, 0.15) is 73.6 Å². The van der Waals surface area contributed by atoms with Gasteiger partial charge < -0.3 is 5.32 Å². The summed E-state index contributed by atoms with van der Waals surface area (Å²) < 4.78 is 0. The van der Waals surface area contributed by atoms with Crippen LogP contribution in [0.3, 0.4) is 0 Å². The van der Waals surface area contributed by atoms with Crippen LogP contribution in [0.25, 0.3) is 0 Å². The van der Waals surface area contributed by atoms with Gasteiger partial charge in [0.05, 0.1) is 0 Å².